The summed E-state index contributed by atoms with van der Waals surface area (Å²) in [5.41, 5.74) is 12.0. The molecule has 1 unspecified atom stereocenters. The van der Waals surface area contributed by atoms with Crippen molar-refractivity contribution >= 4 is 28.9 Å². The molecule has 2 aromatic carbocycles. The first-order chi connectivity index (χ1) is 13.7. The number of rotatable bonds is 3. The number of aromatic nitrogens is 2. The first-order valence-electron chi connectivity index (χ1n) is 8.97. The quantitative estimate of drug-likeness (QED) is 0.514. The SMILES string of the molecule is CSc1ccc(C2Nc3ccccc3-c3c(C(N)=O)cnn4ccc2c34)cc1. The van der Waals surface area contributed by atoms with Crippen molar-refractivity contribution in [3.63, 3.8) is 0 Å². The van der Waals surface area contributed by atoms with Crippen molar-refractivity contribution in [2.45, 2.75) is 10.9 Å². The Hall–Kier alpha value is -3.25. The Labute approximate surface area is 166 Å². The van der Waals surface area contributed by atoms with E-state index in [4.69, 9.17) is 5.73 Å². The topological polar surface area (TPSA) is 72.4 Å². The minimum atomic E-state index is -0.477. The second-order valence-electron chi connectivity index (χ2n) is 6.76. The zero-order chi connectivity index (χ0) is 19.3. The molecule has 0 spiro atoms. The molecule has 2 aromatic heterocycles. The number of nitrogens with zero attached hydrogens (tertiary/aromatic N) is 2. The third-order valence-electron chi connectivity index (χ3n) is 5.24. The van der Waals surface area contributed by atoms with Crippen molar-refractivity contribution < 1.29 is 4.79 Å². The highest BCUT2D eigenvalue weighted by atomic mass is 32.2. The maximum absolute atomic E-state index is 12.2. The lowest BCUT2D eigenvalue weighted by Gasteiger charge is -2.19. The summed E-state index contributed by atoms with van der Waals surface area (Å²) in [7, 11) is 0. The molecule has 1 atom stereocenters. The number of anilines is 1. The zero-order valence-electron chi connectivity index (χ0n) is 15.2. The van der Waals surface area contributed by atoms with E-state index in [0.717, 1.165) is 33.5 Å². The molecule has 5 nitrogen and oxygen atoms in total. The Morgan fingerprint density at radius 2 is 1.93 bits per heavy atom. The van der Waals surface area contributed by atoms with Crippen LogP contribution in [0, 0.1) is 0 Å². The number of hydrogen-bond donors (Lipinski definition) is 2. The van der Waals surface area contributed by atoms with Crippen LogP contribution in [0.4, 0.5) is 5.69 Å². The van der Waals surface area contributed by atoms with Crippen LogP contribution < -0.4 is 11.1 Å². The third-order valence-corrected chi connectivity index (χ3v) is 5.98. The van der Waals surface area contributed by atoms with Crippen LogP contribution >= 0.6 is 11.8 Å². The van der Waals surface area contributed by atoms with Crippen LogP contribution in [0.2, 0.25) is 0 Å². The lowest BCUT2D eigenvalue weighted by molar-refractivity contribution is 0.100. The predicted octanol–water partition coefficient (Wildman–Crippen LogP) is 4.34. The Kier molecular flexibility index (Phi) is 3.87. The van der Waals surface area contributed by atoms with Crippen molar-refractivity contribution in [2.75, 3.05) is 11.6 Å². The summed E-state index contributed by atoms with van der Waals surface area (Å²) in [4.78, 5) is 13.4. The molecule has 0 saturated carbocycles. The third kappa shape index (κ3) is 2.49. The van der Waals surface area contributed by atoms with Gasteiger partial charge in [0, 0.05) is 33.5 Å². The molecule has 4 aromatic rings. The Balaban J connectivity index is 1.83. The molecular formula is C22H18N4OS. The summed E-state index contributed by atoms with van der Waals surface area (Å²) in [6.07, 6.45) is 5.55. The van der Waals surface area contributed by atoms with Gasteiger partial charge in [-0.15, -0.1) is 11.8 Å². The smallest absolute Gasteiger partial charge is 0.251 e. The van der Waals surface area contributed by atoms with Gasteiger partial charge >= 0.3 is 0 Å². The minimum absolute atomic E-state index is 0.0618. The number of thioether (sulfide) groups is 1. The lowest BCUT2D eigenvalue weighted by Crippen LogP contribution is -2.14. The summed E-state index contributed by atoms with van der Waals surface area (Å²) >= 11 is 1.72. The molecule has 1 aliphatic rings. The van der Waals surface area contributed by atoms with Crippen LogP contribution in [-0.4, -0.2) is 21.8 Å². The van der Waals surface area contributed by atoms with Gasteiger partial charge in [0.25, 0.3) is 5.91 Å². The zero-order valence-corrected chi connectivity index (χ0v) is 16.0. The number of hydrogen-bond acceptors (Lipinski definition) is 4. The fraction of sp³-hybridized carbons (Fsp3) is 0.0909. The lowest BCUT2D eigenvalue weighted by atomic mass is 9.96. The molecule has 5 rings (SSSR count). The molecule has 6 heteroatoms. The number of primary amides is 1. The summed E-state index contributed by atoms with van der Waals surface area (Å²) in [5, 5.41) is 8.09. The second-order valence-corrected chi connectivity index (χ2v) is 7.64. The minimum Gasteiger partial charge on any atom is -0.374 e. The van der Waals surface area contributed by atoms with E-state index in [9.17, 15) is 4.79 Å². The first kappa shape index (κ1) is 16.9. The van der Waals surface area contributed by atoms with Gasteiger partial charge in [-0.2, -0.15) is 5.10 Å². The molecule has 138 valence electrons. The summed E-state index contributed by atoms with van der Waals surface area (Å²) in [6.45, 7) is 0. The van der Waals surface area contributed by atoms with E-state index in [1.807, 2.05) is 35.0 Å². The molecule has 3 heterocycles. The van der Waals surface area contributed by atoms with Crippen LogP contribution in [0.5, 0.6) is 0 Å². The highest BCUT2D eigenvalue weighted by molar-refractivity contribution is 7.98. The van der Waals surface area contributed by atoms with E-state index in [2.05, 4.69) is 47.0 Å². The van der Waals surface area contributed by atoms with Crippen molar-refractivity contribution in [1.82, 2.24) is 9.61 Å². The van der Waals surface area contributed by atoms with Crippen LogP contribution in [0.15, 0.2) is 71.9 Å². The van der Waals surface area contributed by atoms with Gasteiger partial charge in [0.05, 0.1) is 23.3 Å². The van der Waals surface area contributed by atoms with Crippen molar-refractivity contribution in [1.29, 1.82) is 0 Å². The molecule has 28 heavy (non-hydrogen) atoms. The van der Waals surface area contributed by atoms with Crippen molar-refractivity contribution in [3.8, 4) is 11.1 Å². The molecule has 0 aliphatic carbocycles. The molecule has 3 N–H and O–H groups in total. The summed E-state index contributed by atoms with van der Waals surface area (Å²) < 4.78 is 1.82. The number of nitrogens with one attached hydrogen (secondary N) is 1. The van der Waals surface area contributed by atoms with Gasteiger partial charge in [0.2, 0.25) is 0 Å². The summed E-state index contributed by atoms with van der Waals surface area (Å²) in [5.74, 6) is -0.477. The van der Waals surface area contributed by atoms with E-state index in [-0.39, 0.29) is 6.04 Å². The van der Waals surface area contributed by atoms with E-state index in [1.165, 1.54) is 4.90 Å². The Morgan fingerprint density at radius 1 is 1.14 bits per heavy atom. The fourth-order valence-electron chi connectivity index (χ4n) is 3.92. The standard InChI is InChI=1S/C22H18N4OS/c1-28-14-8-6-13(7-9-14)20-16-10-11-26-21(16)19(17(12-24-26)22(23)27)15-4-2-3-5-18(15)25-20/h2-12,20,25H,1H3,(H2,23,27). The summed E-state index contributed by atoms with van der Waals surface area (Å²) in [6, 6.07) is 18.6. The van der Waals surface area contributed by atoms with E-state index in [1.54, 1.807) is 18.0 Å². The van der Waals surface area contributed by atoms with Gasteiger partial charge in [-0.3, -0.25) is 4.79 Å². The van der Waals surface area contributed by atoms with Crippen LogP contribution in [0.25, 0.3) is 16.6 Å². The normalized spacial score (nSPS) is 15.0. The van der Waals surface area contributed by atoms with Gasteiger partial charge < -0.3 is 11.1 Å². The average molecular weight is 386 g/mol. The van der Waals surface area contributed by atoms with Gasteiger partial charge in [0.15, 0.2) is 0 Å². The van der Waals surface area contributed by atoms with E-state index < -0.39 is 5.91 Å². The van der Waals surface area contributed by atoms with Gasteiger partial charge in [-0.05, 0) is 36.1 Å². The monoisotopic (exact) mass is 386 g/mol. The van der Waals surface area contributed by atoms with Crippen LogP contribution in [0.3, 0.4) is 0 Å². The van der Waals surface area contributed by atoms with Crippen molar-refractivity contribution in [3.05, 3.63) is 83.7 Å². The van der Waals surface area contributed by atoms with E-state index in [0.29, 0.717) is 5.56 Å². The first-order valence-corrected chi connectivity index (χ1v) is 10.2. The molecule has 1 aliphatic heterocycles. The molecule has 0 bridgehead atoms. The maximum atomic E-state index is 12.2. The maximum Gasteiger partial charge on any atom is 0.251 e. The Morgan fingerprint density at radius 3 is 2.68 bits per heavy atom. The van der Waals surface area contributed by atoms with Gasteiger partial charge in [-0.1, -0.05) is 30.3 Å². The molecule has 1 amide bonds. The highest BCUT2D eigenvalue weighted by Gasteiger charge is 2.28. The fourth-order valence-corrected chi connectivity index (χ4v) is 4.32. The highest BCUT2D eigenvalue weighted by Crippen LogP contribution is 2.43. The second kappa shape index (κ2) is 6.42. The Bertz CT molecular complexity index is 1210. The average Bonchev–Trinajstić information content (AvgIpc) is 3.09. The number of nitrogens with two attached hydrogens (primary N) is 1. The molecule has 0 radical (unpaired) electrons. The van der Waals surface area contributed by atoms with Crippen molar-refractivity contribution in [2.24, 2.45) is 5.73 Å². The van der Waals surface area contributed by atoms with Gasteiger partial charge in [-0.25, -0.2) is 4.52 Å². The molecule has 0 saturated heterocycles. The predicted molar refractivity (Wildman–Crippen MR) is 113 cm³/mol. The number of fused-ring (bicyclic) bond motifs is 2. The number of amides is 1. The van der Waals surface area contributed by atoms with Crippen LogP contribution in [0.1, 0.15) is 27.5 Å². The molecule has 0 fully saturated rings. The number of carbonyl (C=O) groups excluding carboxylic acids is 1. The number of para-hydroxylation sites is 1. The number of benzene rings is 2. The van der Waals surface area contributed by atoms with Gasteiger partial charge in [0.1, 0.15) is 0 Å². The largest absolute Gasteiger partial charge is 0.374 e. The molecular weight excluding hydrogens is 368 g/mol. The number of carbonyl (C=O) groups is 1. The van der Waals surface area contributed by atoms with E-state index >= 15 is 0 Å². The van der Waals surface area contributed by atoms with Crippen LogP contribution in [-0.2, 0) is 0 Å².